The summed E-state index contributed by atoms with van der Waals surface area (Å²) in [6.45, 7) is 1.91. The second-order valence-electron chi connectivity index (χ2n) is 2.72. The van der Waals surface area contributed by atoms with Crippen molar-refractivity contribution in [2.45, 2.75) is 6.54 Å². The zero-order chi connectivity index (χ0) is 10.9. The van der Waals surface area contributed by atoms with Gasteiger partial charge < -0.3 is 10.6 Å². The second kappa shape index (κ2) is 6.43. The predicted molar refractivity (Wildman–Crippen MR) is 58.2 cm³/mol. The lowest BCUT2D eigenvalue weighted by Gasteiger charge is -2.09. The molecule has 0 aliphatic rings. The smallest absolute Gasteiger partial charge is 0.191 e. The number of terminal acetylenes is 1. The van der Waals surface area contributed by atoms with Crippen molar-refractivity contribution in [1.82, 2.24) is 25.4 Å². The Bertz CT molecular complexity index is 334. The highest BCUT2D eigenvalue weighted by molar-refractivity contribution is 5.79. The van der Waals surface area contributed by atoms with Crippen LogP contribution < -0.4 is 10.6 Å². The van der Waals surface area contributed by atoms with Gasteiger partial charge in [-0.25, -0.2) is 4.98 Å². The van der Waals surface area contributed by atoms with Gasteiger partial charge in [-0.05, 0) is 0 Å². The van der Waals surface area contributed by atoms with Crippen molar-refractivity contribution in [2.24, 2.45) is 4.99 Å². The Balaban J connectivity index is 2.21. The van der Waals surface area contributed by atoms with Crippen molar-refractivity contribution in [3.8, 4) is 12.3 Å². The normalized spacial score (nSPS) is 10.8. The van der Waals surface area contributed by atoms with Gasteiger partial charge in [-0.2, -0.15) is 5.10 Å². The molecule has 0 aliphatic carbocycles. The molecule has 0 saturated heterocycles. The fourth-order valence-electron chi connectivity index (χ4n) is 0.992. The summed E-state index contributed by atoms with van der Waals surface area (Å²) in [5.41, 5.74) is 0. The quantitative estimate of drug-likeness (QED) is 0.380. The van der Waals surface area contributed by atoms with Crippen LogP contribution in [-0.2, 0) is 6.54 Å². The van der Waals surface area contributed by atoms with E-state index in [4.69, 9.17) is 6.42 Å². The average molecular weight is 206 g/mol. The van der Waals surface area contributed by atoms with E-state index >= 15 is 0 Å². The molecule has 0 atom stereocenters. The molecule has 0 radical (unpaired) electrons. The molecule has 6 heteroatoms. The van der Waals surface area contributed by atoms with Gasteiger partial charge in [0.2, 0.25) is 0 Å². The first-order valence-corrected chi connectivity index (χ1v) is 4.57. The number of aromatic nitrogens is 3. The maximum atomic E-state index is 5.12. The van der Waals surface area contributed by atoms with Gasteiger partial charge in [0.25, 0.3) is 0 Å². The average Bonchev–Trinajstić information content (AvgIpc) is 2.76. The number of hydrogen-bond donors (Lipinski definition) is 2. The summed E-state index contributed by atoms with van der Waals surface area (Å²) in [5, 5.41) is 10.0. The highest BCUT2D eigenvalue weighted by Crippen LogP contribution is 1.78. The van der Waals surface area contributed by atoms with E-state index in [1.807, 2.05) is 0 Å². The third kappa shape index (κ3) is 4.13. The molecule has 6 nitrogen and oxygen atoms in total. The molecule has 0 saturated carbocycles. The summed E-state index contributed by atoms with van der Waals surface area (Å²) >= 11 is 0. The summed E-state index contributed by atoms with van der Waals surface area (Å²) in [5.74, 6) is 3.16. The molecular formula is C9H14N6. The van der Waals surface area contributed by atoms with Crippen LogP contribution in [0.3, 0.4) is 0 Å². The minimum atomic E-state index is 0.461. The molecule has 0 spiro atoms. The third-order valence-corrected chi connectivity index (χ3v) is 1.68. The van der Waals surface area contributed by atoms with Gasteiger partial charge in [0.1, 0.15) is 12.7 Å². The van der Waals surface area contributed by atoms with E-state index in [9.17, 15) is 0 Å². The van der Waals surface area contributed by atoms with Gasteiger partial charge >= 0.3 is 0 Å². The van der Waals surface area contributed by atoms with Crippen LogP contribution in [-0.4, -0.2) is 40.9 Å². The number of nitrogens with zero attached hydrogens (tertiary/aromatic N) is 4. The monoisotopic (exact) mass is 206 g/mol. The van der Waals surface area contributed by atoms with Gasteiger partial charge in [0, 0.05) is 13.6 Å². The minimum Gasteiger partial charge on any atom is -0.355 e. The minimum absolute atomic E-state index is 0.461. The maximum Gasteiger partial charge on any atom is 0.191 e. The van der Waals surface area contributed by atoms with E-state index in [-0.39, 0.29) is 0 Å². The van der Waals surface area contributed by atoms with Gasteiger partial charge in [-0.3, -0.25) is 9.67 Å². The number of nitrogens with one attached hydrogen (secondary N) is 2. The van der Waals surface area contributed by atoms with Crippen LogP contribution in [0.5, 0.6) is 0 Å². The molecule has 0 aliphatic heterocycles. The first-order chi connectivity index (χ1) is 7.36. The second-order valence-corrected chi connectivity index (χ2v) is 2.72. The van der Waals surface area contributed by atoms with Crippen LogP contribution >= 0.6 is 0 Å². The largest absolute Gasteiger partial charge is 0.355 e. The van der Waals surface area contributed by atoms with E-state index < -0.39 is 0 Å². The predicted octanol–water partition coefficient (Wildman–Crippen LogP) is -0.924. The summed E-state index contributed by atoms with van der Waals surface area (Å²) in [6, 6.07) is 0. The molecular weight excluding hydrogens is 192 g/mol. The molecule has 0 unspecified atom stereocenters. The van der Waals surface area contributed by atoms with Crippen LogP contribution in [0.2, 0.25) is 0 Å². The Labute approximate surface area is 88.8 Å². The van der Waals surface area contributed by atoms with E-state index in [0.717, 1.165) is 6.54 Å². The molecule has 80 valence electrons. The molecule has 0 amide bonds. The Morgan fingerprint density at radius 2 is 2.47 bits per heavy atom. The van der Waals surface area contributed by atoms with E-state index in [0.29, 0.717) is 19.0 Å². The maximum absolute atomic E-state index is 5.12. The zero-order valence-corrected chi connectivity index (χ0v) is 8.64. The molecule has 0 aromatic carbocycles. The van der Waals surface area contributed by atoms with E-state index in [2.05, 4.69) is 31.6 Å². The van der Waals surface area contributed by atoms with Crippen molar-refractivity contribution in [2.75, 3.05) is 20.1 Å². The Morgan fingerprint density at radius 3 is 3.07 bits per heavy atom. The van der Waals surface area contributed by atoms with Gasteiger partial charge in [0.05, 0.1) is 13.1 Å². The molecule has 1 aromatic heterocycles. The van der Waals surface area contributed by atoms with Crippen molar-refractivity contribution >= 4 is 5.96 Å². The van der Waals surface area contributed by atoms with Crippen LogP contribution in [0.25, 0.3) is 0 Å². The summed E-state index contributed by atoms with van der Waals surface area (Å²) in [7, 11) is 1.70. The number of rotatable bonds is 4. The first-order valence-electron chi connectivity index (χ1n) is 4.57. The lowest BCUT2D eigenvalue weighted by molar-refractivity contribution is 0.597. The third-order valence-electron chi connectivity index (χ3n) is 1.68. The topological polar surface area (TPSA) is 67.1 Å². The van der Waals surface area contributed by atoms with Crippen LogP contribution in [0.15, 0.2) is 17.6 Å². The molecule has 1 heterocycles. The molecule has 15 heavy (non-hydrogen) atoms. The van der Waals surface area contributed by atoms with Gasteiger partial charge in [0.15, 0.2) is 5.96 Å². The molecule has 0 fully saturated rings. The number of aliphatic imine (C=N–C) groups is 1. The highest BCUT2D eigenvalue weighted by Gasteiger charge is 1.95. The molecule has 2 N–H and O–H groups in total. The number of guanidine groups is 1. The fraction of sp³-hybridized carbons (Fsp3) is 0.444. The highest BCUT2D eigenvalue weighted by atomic mass is 15.3. The summed E-state index contributed by atoms with van der Waals surface area (Å²) in [4.78, 5) is 7.84. The number of hydrogen-bond acceptors (Lipinski definition) is 3. The van der Waals surface area contributed by atoms with Crippen LogP contribution in [0.1, 0.15) is 0 Å². The fourth-order valence-corrected chi connectivity index (χ4v) is 0.992. The van der Waals surface area contributed by atoms with Crippen molar-refractivity contribution in [1.29, 1.82) is 0 Å². The molecule has 1 aromatic rings. The Kier molecular flexibility index (Phi) is 4.73. The lowest BCUT2D eigenvalue weighted by atomic mass is 10.6. The summed E-state index contributed by atoms with van der Waals surface area (Å²) < 4.78 is 1.74. The van der Waals surface area contributed by atoms with Crippen molar-refractivity contribution in [3.63, 3.8) is 0 Å². The Hall–Kier alpha value is -2.03. The first kappa shape index (κ1) is 11.0. The van der Waals surface area contributed by atoms with E-state index in [1.165, 1.54) is 6.33 Å². The van der Waals surface area contributed by atoms with Crippen molar-refractivity contribution in [3.05, 3.63) is 12.7 Å². The Morgan fingerprint density at radius 1 is 1.60 bits per heavy atom. The van der Waals surface area contributed by atoms with E-state index in [1.54, 1.807) is 18.1 Å². The SMILES string of the molecule is C#CCNC(=NC)NCCn1cncn1. The van der Waals surface area contributed by atoms with Gasteiger partial charge in [-0.15, -0.1) is 6.42 Å². The van der Waals surface area contributed by atoms with Crippen LogP contribution in [0, 0.1) is 12.3 Å². The molecule has 0 bridgehead atoms. The van der Waals surface area contributed by atoms with Gasteiger partial charge in [-0.1, -0.05) is 5.92 Å². The lowest BCUT2D eigenvalue weighted by Crippen LogP contribution is -2.38. The molecule has 1 rings (SSSR count). The summed E-state index contributed by atoms with van der Waals surface area (Å²) in [6.07, 6.45) is 8.29. The standard InChI is InChI=1S/C9H14N6/c1-3-4-12-9(10-2)13-5-6-15-8-11-7-14-15/h1,7-8H,4-6H2,2H3,(H2,10,12,13). The van der Waals surface area contributed by atoms with Crippen LogP contribution in [0.4, 0.5) is 0 Å². The van der Waals surface area contributed by atoms with Crippen molar-refractivity contribution < 1.29 is 0 Å². The zero-order valence-electron chi connectivity index (χ0n) is 8.64.